The van der Waals surface area contributed by atoms with Gasteiger partial charge in [-0.05, 0) is 29.8 Å². The number of hydrogen-bond donors (Lipinski definition) is 1. The van der Waals surface area contributed by atoms with Gasteiger partial charge in [-0.15, -0.1) is 0 Å². The maximum atomic E-state index is 11.3. The van der Waals surface area contributed by atoms with E-state index in [1.807, 2.05) is 78.9 Å². The first-order valence-electron chi connectivity index (χ1n) is 8.17. The Kier molecular flexibility index (Phi) is 4.05. The van der Waals surface area contributed by atoms with Crippen molar-refractivity contribution in [2.45, 2.75) is 6.61 Å². The molecular formula is C22H17NO2. The molecule has 0 bridgehead atoms. The molecule has 0 radical (unpaired) electrons. The second-order valence-corrected chi connectivity index (χ2v) is 5.91. The minimum Gasteiger partial charge on any atom is -0.489 e. The van der Waals surface area contributed by atoms with Crippen LogP contribution in [-0.2, 0) is 6.61 Å². The van der Waals surface area contributed by atoms with Crippen molar-refractivity contribution in [3.63, 3.8) is 0 Å². The number of aldehydes is 1. The van der Waals surface area contributed by atoms with Crippen molar-refractivity contribution in [2.75, 3.05) is 0 Å². The number of carbonyl (C=O) groups is 1. The molecule has 0 saturated carbocycles. The maximum Gasteiger partial charge on any atom is 0.150 e. The summed E-state index contributed by atoms with van der Waals surface area (Å²) in [5, 5.41) is 1.06. The maximum absolute atomic E-state index is 11.3. The summed E-state index contributed by atoms with van der Waals surface area (Å²) in [5.74, 6) is 0.825. The van der Waals surface area contributed by atoms with Gasteiger partial charge in [0, 0.05) is 27.7 Å². The topological polar surface area (TPSA) is 42.1 Å². The quantitative estimate of drug-likeness (QED) is 0.510. The van der Waals surface area contributed by atoms with Crippen LogP contribution in [0.1, 0.15) is 15.9 Å². The molecule has 0 amide bonds. The third-order valence-corrected chi connectivity index (χ3v) is 4.22. The van der Waals surface area contributed by atoms with E-state index in [1.165, 1.54) is 0 Å². The zero-order valence-corrected chi connectivity index (χ0v) is 13.6. The molecule has 0 saturated heterocycles. The van der Waals surface area contributed by atoms with Gasteiger partial charge in [-0.3, -0.25) is 4.79 Å². The fourth-order valence-electron chi connectivity index (χ4n) is 2.93. The second-order valence-electron chi connectivity index (χ2n) is 5.91. The van der Waals surface area contributed by atoms with Gasteiger partial charge in [0.2, 0.25) is 0 Å². The SMILES string of the molecule is O=Cc1ccccc1-c1cc2cc(OCc3ccccc3)ccc2[nH]1. The van der Waals surface area contributed by atoms with Gasteiger partial charge in [0.15, 0.2) is 6.29 Å². The van der Waals surface area contributed by atoms with Crippen molar-refractivity contribution in [1.82, 2.24) is 4.98 Å². The third-order valence-electron chi connectivity index (χ3n) is 4.22. The van der Waals surface area contributed by atoms with Gasteiger partial charge in [-0.25, -0.2) is 0 Å². The lowest BCUT2D eigenvalue weighted by atomic mass is 10.1. The predicted molar refractivity (Wildman–Crippen MR) is 99.9 cm³/mol. The molecule has 3 nitrogen and oxygen atoms in total. The first-order chi connectivity index (χ1) is 12.3. The molecule has 0 unspecified atom stereocenters. The van der Waals surface area contributed by atoms with E-state index in [0.29, 0.717) is 12.2 Å². The van der Waals surface area contributed by atoms with Crippen LogP contribution in [-0.4, -0.2) is 11.3 Å². The summed E-state index contributed by atoms with van der Waals surface area (Å²) >= 11 is 0. The normalized spacial score (nSPS) is 10.7. The smallest absolute Gasteiger partial charge is 0.150 e. The molecule has 3 heteroatoms. The molecule has 122 valence electrons. The minimum atomic E-state index is 0.539. The number of hydrogen-bond acceptors (Lipinski definition) is 2. The third kappa shape index (κ3) is 3.17. The number of nitrogens with one attached hydrogen (secondary N) is 1. The Labute approximate surface area is 145 Å². The molecule has 0 aliphatic heterocycles. The number of aromatic amines is 1. The van der Waals surface area contributed by atoms with Crippen LogP contribution >= 0.6 is 0 Å². The Hall–Kier alpha value is -3.33. The van der Waals surface area contributed by atoms with Crippen molar-refractivity contribution in [1.29, 1.82) is 0 Å². The van der Waals surface area contributed by atoms with E-state index >= 15 is 0 Å². The molecule has 1 heterocycles. The van der Waals surface area contributed by atoms with Gasteiger partial charge in [-0.1, -0.05) is 54.6 Å². The van der Waals surface area contributed by atoms with Crippen LogP contribution in [0.2, 0.25) is 0 Å². The summed E-state index contributed by atoms with van der Waals surface area (Å²) in [6.07, 6.45) is 0.884. The summed E-state index contributed by atoms with van der Waals surface area (Å²) in [6.45, 7) is 0.539. The van der Waals surface area contributed by atoms with Crippen LogP contribution in [0.4, 0.5) is 0 Å². The molecular weight excluding hydrogens is 310 g/mol. The predicted octanol–water partition coefficient (Wildman–Crippen LogP) is 5.23. The number of carbonyl (C=O) groups excluding carboxylic acids is 1. The minimum absolute atomic E-state index is 0.539. The molecule has 0 atom stereocenters. The number of ether oxygens (including phenoxy) is 1. The number of benzene rings is 3. The van der Waals surface area contributed by atoms with Crippen molar-refractivity contribution in [2.24, 2.45) is 0 Å². The van der Waals surface area contributed by atoms with Crippen LogP contribution in [0, 0.1) is 0 Å². The largest absolute Gasteiger partial charge is 0.489 e. The average molecular weight is 327 g/mol. The Morgan fingerprint density at radius 2 is 1.68 bits per heavy atom. The standard InChI is InChI=1S/C22H17NO2/c24-14-17-8-4-5-9-20(17)22-13-18-12-19(10-11-21(18)23-22)25-15-16-6-2-1-3-7-16/h1-14,23H,15H2. The van der Waals surface area contributed by atoms with E-state index in [9.17, 15) is 4.79 Å². The van der Waals surface area contributed by atoms with E-state index in [1.54, 1.807) is 0 Å². The van der Waals surface area contributed by atoms with Crippen LogP contribution < -0.4 is 4.74 Å². The van der Waals surface area contributed by atoms with Crippen molar-refractivity contribution in [3.05, 3.63) is 90.0 Å². The molecule has 25 heavy (non-hydrogen) atoms. The Bertz CT molecular complexity index is 1020. The van der Waals surface area contributed by atoms with E-state index in [-0.39, 0.29) is 0 Å². The Morgan fingerprint density at radius 3 is 2.52 bits per heavy atom. The van der Waals surface area contributed by atoms with Gasteiger partial charge in [0.1, 0.15) is 12.4 Å². The van der Waals surface area contributed by atoms with E-state index < -0.39 is 0 Å². The highest BCUT2D eigenvalue weighted by Gasteiger charge is 2.08. The van der Waals surface area contributed by atoms with Crippen LogP contribution in [0.5, 0.6) is 5.75 Å². The van der Waals surface area contributed by atoms with Gasteiger partial charge in [0.25, 0.3) is 0 Å². The number of fused-ring (bicyclic) bond motifs is 1. The fraction of sp³-hybridized carbons (Fsp3) is 0.0455. The summed E-state index contributed by atoms with van der Waals surface area (Å²) in [7, 11) is 0. The average Bonchev–Trinajstić information content (AvgIpc) is 3.10. The summed E-state index contributed by atoms with van der Waals surface area (Å²) < 4.78 is 5.89. The van der Waals surface area contributed by atoms with E-state index in [4.69, 9.17) is 4.74 Å². The lowest BCUT2D eigenvalue weighted by Gasteiger charge is -2.06. The molecule has 4 rings (SSSR count). The van der Waals surface area contributed by atoms with Gasteiger partial charge < -0.3 is 9.72 Å². The lowest BCUT2D eigenvalue weighted by molar-refractivity contribution is 0.112. The number of rotatable bonds is 5. The van der Waals surface area contributed by atoms with Gasteiger partial charge in [-0.2, -0.15) is 0 Å². The zero-order valence-electron chi connectivity index (χ0n) is 13.6. The Balaban J connectivity index is 1.62. The number of H-pyrrole nitrogens is 1. The van der Waals surface area contributed by atoms with Crippen LogP contribution in [0.25, 0.3) is 22.2 Å². The molecule has 0 aliphatic carbocycles. The van der Waals surface area contributed by atoms with Crippen molar-refractivity contribution < 1.29 is 9.53 Å². The molecule has 3 aromatic carbocycles. The monoisotopic (exact) mass is 327 g/mol. The fourth-order valence-corrected chi connectivity index (χ4v) is 2.93. The van der Waals surface area contributed by atoms with E-state index in [2.05, 4.69) is 4.98 Å². The highest BCUT2D eigenvalue weighted by atomic mass is 16.5. The van der Waals surface area contributed by atoms with Gasteiger partial charge in [0.05, 0.1) is 0 Å². The van der Waals surface area contributed by atoms with Crippen molar-refractivity contribution >= 4 is 17.2 Å². The Morgan fingerprint density at radius 1 is 0.880 bits per heavy atom. The molecule has 1 aromatic heterocycles. The second kappa shape index (κ2) is 6.65. The van der Waals surface area contributed by atoms with E-state index in [0.717, 1.165) is 39.8 Å². The first-order valence-corrected chi connectivity index (χ1v) is 8.17. The van der Waals surface area contributed by atoms with Crippen LogP contribution in [0.15, 0.2) is 78.9 Å². The highest BCUT2D eigenvalue weighted by molar-refractivity contribution is 5.92. The van der Waals surface area contributed by atoms with Gasteiger partial charge >= 0.3 is 0 Å². The molecule has 0 spiro atoms. The number of aromatic nitrogens is 1. The highest BCUT2D eigenvalue weighted by Crippen LogP contribution is 2.28. The first kappa shape index (κ1) is 15.2. The molecule has 1 N–H and O–H groups in total. The van der Waals surface area contributed by atoms with Crippen LogP contribution in [0.3, 0.4) is 0 Å². The summed E-state index contributed by atoms with van der Waals surface area (Å²) in [5.41, 5.74) is 4.66. The van der Waals surface area contributed by atoms with Crippen molar-refractivity contribution in [3.8, 4) is 17.0 Å². The molecule has 0 aliphatic rings. The summed E-state index contributed by atoms with van der Waals surface area (Å²) in [6, 6.07) is 25.7. The molecule has 0 fully saturated rings. The summed E-state index contributed by atoms with van der Waals surface area (Å²) in [4.78, 5) is 14.6. The zero-order chi connectivity index (χ0) is 17.1. The molecule has 4 aromatic rings. The lowest BCUT2D eigenvalue weighted by Crippen LogP contribution is -1.94.